The summed E-state index contributed by atoms with van der Waals surface area (Å²) in [5.74, 6) is -1.50. The summed E-state index contributed by atoms with van der Waals surface area (Å²) in [6.07, 6.45) is -1.84. The van der Waals surface area contributed by atoms with E-state index in [4.69, 9.17) is 0 Å². The van der Waals surface area contributed by atoms with Gasteiger partial charge in [0.1, 0.15) is 0 Å². The van der Waals surface area contributed by atoms with Crippen molar-refractivity contribution in [1.29, 1.82) is 0 Å². The summed E-state index contributed by atoms with van der Waals surface area (Å²) < 4.78 is 33.7. The van der Waals surface area contributed by atoms with Crippen molar-refractivity contribution in [3.05, 3.63) is 25.3 Å². The van der Waals surface area contributed by atoms with Crippen LogP contribution in [0.15, 0.2) is 25.3 Å². The molecule has 0 aromatic rings. The van der Waals surface area contributed by atoms with Crippen LogP contribution in [-0.4, -0.2) is 18.5 Å². The molecule has 1 aliphatic rings. The topological polar surface area (TPSA) is 18.5 Å². The highest BCUT2D eigenvalue weighted by Crippen LogP contribution is 2.31. The molecule has 1 saturated heterocycles. The fourth-order valence-corrected chi connectivity index (χ4v) is 0.762. The van der Waals surface area contributed by atoms with Crippen LogP contribution in [0.25, 0.3) is 0 Å². The zero-order valence-electron chi connectivity index (χ0n) is 5.80. The van der Waals surface area contributed by atoms with Crippen molar-refractivity contribution in [2.75, 3.05) is 0 Å². The molecule has 1 fully saturated rings. The van der Waals surface area contributed by atoms with Gasteiger partial charge in [-0.15, -0.1) is 0 Å². The zero-order valence-corrected chi connectivity index (χ0v) is 5.80. The molecule has 2 nitrogen and oxygen atoms in total. The smallest absolute Gasteiger partial charge is 0.258 e. The molecule has 2 atom stereocenters. The van der Waals surface area contributed by atoms with Crippen molar-refractivity contribution in [3.8, 4) is 0 Å². The zero-order chi connectivity index (χ0) is 8.48. The fourth-order valence-electron chi connectivity index (χ4n) is 0.762. The third-order valence-electron chi connectivity index (χ3n) is 1.37. The number of halogens is 2. The van der Waals surface area contributed by atoms with Crippen molar-refractivity contribution in [1.82, 2.24) is 0 Å². The largest absolute Gasteiger partial charge is 0.304 e. The Labute approximate surface area is 63.1 Å². The van der Waals surface area contributed by atoms with Gasteiger partial charge in [0.2, 0.25) is 5.79 Å². The van der Waals surface area contributed by atoms with E-state index in [0.29, 0.717) is 0 Å². The normalized spacial score (nSPS) is 35.1. The van der Waals surface area contributed by atoms with Crippen LogP contribution in [0.3, 0.4) is 0 Å². The van der Waals surface area contributed by atoms with Crippen molar-refractivity contribution in [2.24, 2.45) is 0 Å². The first-order chi connectivity index (χ1) is 5.13. The summed E-state index contributed by atoms with van der Waals surface area (Å²) >= 11 is 0. The fraction of sp³-hybridized carbons (Fsp3) is 0.429. The minimum atomic E-state index is -2.06. The Kier molecular flexibility index (Phi) is 2.06. The maximum atomic E-state index is 12.4. The highest BCUT2D eigenvalue weighted by Gasteiger charge is 2.44. The van der Waals surface area contributed by atoms with Crippen LogP contribution in [0.4, 0.5) is 8.78 Å². The van der Waals surface area contributed by atoms with Crippen LogP contribution in [0.1, 0.15) is 0 Å². The number of alkyl halides is 2. The van der Waals surface area contributed by atoms with Crippen molar-refractivity contribution >= 4 is 0 Å². The molecule has 4 heteroatoms. The molecule has 1 rings (SSSR count). The SMILES string of the molecule is C=CC1(C=C)O[C@@H](F)[C@H](F)O1. The van der Waals surface area contributed by atoms with Crippen LogP contribution in [0.5, 0.6) is 0 Å². The van der Waals surface area contributed by atoms with Crippen LogP contribution in [0, 0.1) is 0 Å². The monoisotopic (exact) mass is 162 g/mol. The van der Waals surface area contributed by atoms with Crippen LogP contribution < -0.4 is 0 Å². The molecule has 1 heterocycles. The van der Waals surface area contributed by atoms with Crippen LogP contribution in [-0.2, 0) is 9.47 Å². The second-order valence-electron chi connectivity index (χ2n) is 2.07. The van der Waals surface area contributed by atoms with E-state index in [1.165, 1.54) is 0 Å². The number of rotatable bonds is 2. The molecule has 0 aromatic carbocycles. The molecule has 0 bridgehead atoms. The molecular formula is C7H8F2O2. The number of hydrogen-bond donors (Lipinski definition) is 0. The van der Waals surface area contributed by atoms with Crippen molar-refractivity contribution in [3.63, 3.8) is 0 Å². The standard InChI is InChI=1S/C7H8F2O2/c1-3-7(4-2)10-5(8)6(9)11-7/h3-6H,1-2H2/t5-,6-/m1/s1. The van der Waals surface area contributed by atoms with Gasteiger partial charge < -0.3 is 9.47 Å². The van der Waals surface area contributed by atoms with Crippen LogP contribution in [0.2, 0.25) is 0 Å². The van der Waals surface area contributed by atoms with E-state index < -0.39 is 18.5 Å². The first-order valence-corrected chi connectivity index (χ1v) is 3.04. The van der Waals surface area contributed by atoms with Gasteiger partial charge in [-0.2, -0.15) is 0 Å². The minimum absolute atomic E-state index is 1.14. The predicted octanol–water partition coefficient (Wildman–Crippen LogP) is 1.69. The van der Waals surface area contributed by atoms with Crippen LogP contribution >= 0.6 is 0 Å². The van der Waals surface area contributed by atoms with E-state index in [1.807, 2.05) is 0 Å². The molecule has 1 aliphatic heterocycles. The van der Waals surface area contributed by atoms with Gasteiger partial charge in [0.15, 0.2) is 0 Å². The average Bonchev–Trinajstić information content (AvgIpc) is 2.29. The van der Waals surface area contributed by atoms with E-state index in [9.17, 15) is 8.78 Å². The number of ether oxygens (including phenoxy) is 2. The summed E-state index contributed by atoms with van der Waals surface area (Å²) in [5.41, 5.74) is 0. The Morgan fingerprint density at radius 3 is 1.64 bits per heavy atom. The van der Waals surface area contributed by atoms with Gasteiger partial charge in [-0.05, 0) is 12.2 Å². The third kappa shape index (κ3) is 1.32. The Hall–Kier alpha value is -0.740. The van der Waals surface area contributed by atoms with Gasteiger partial charge in [0.05, 0.1) is 0 Å². The highest BCUT2D eigenvalue weighted by molar-refractivity contribution is 5.05. The second kappa shape index (κ2) is 2.71. The number of hydrogen-bond acceptors (Lipinski definition) is 2. The molecule has 0 aromatic heterocycles. The first-order valence-electron chi connectivity index (χ1n) is 3.04. The van der Waals surface area contributed by atoms with Gasteiger partial charge in [-0.25, -0.2) is 8.78 Å². The minimum Gasteiger partial charge on any atom is -0.304 e. The molecular weight excluding hydrogens is 154 g/mol. The van der Waals surface area contributed by atoms with Gasteiger partial charge in [0.25, 0.3) is 12.7 Å². The van der Waals surface area contributed by atoms with Crippen molar-refractivity contribution in [2.45, 2.75) is 18.5 Å². The Balaban J connectivity index is 2.76. The molecule has 0 unspecified atom stereocenters. The summed E-state index contributed by atoms with van der Waals surface area (Å²) in [4.78, 5) is 0. The second-order valence-corrected chi connectivity index (χ2v) is 2.07. The average molecular weight is 162 g/mol. The Morgan fingerprint density at radius 1 is 1.09 bits per heavy atom. The van der Waals surface area contributed by atoms with Crippen molar-refractivity contribution < 1.29 is 18.3 Å². The molecule has 0 aliphatic carbocycles. The summed E-state index contributed by atoms with van der Waals surface area (Å²) in [6, 6.07) is 0. The Morgan fingerprint density at radius 2 is 1.45 bits per heavy atom. The lowest BCUT2D eigenvalue weighted by Gasteiger charge is -2.16. The van der Waals surface area contributed by atoms with E-state index in [2.05, 4.69) is 22.6 Å². The Bertz CT molecular complexity index is 161. The molecule has 0 radical (unpaired) electrons. The maximum Gasteiger partial charge on any atom is 0.258 e. The maximum absolute atomic E-state index is 12.4. The van der Waals surface area contributed by atoms with Gasteiger partial charge in [0, 0.05) is 0 Å². The van der Waals surface area contributed by atoms with E-state index in [-0.39, 0.29) is 0 Å². The predicted molar refractivity (Wildman–Crippen MR) is 35.1 cm³/mol. The van der Waals surface area contributed by atoms with Gasteiger partial charge >= 0.3 is 0 Å². The van der Waals surface area contributed by atoms with Gasteiger partial charge in [-0.3, -0.25) is 0 Å². The quantitative estimate of drug-likeness (QED) is 0.575. The molecule has 11 heavy (non-hydrogen) atoms. The molecule has 62 valence electrons. The molecule has 0 amide bonds. The first kappa shape index (κ1) is 8.36. The summed E-state index contributed by atoms with van der Waals surface area (Å²) in [5, 5.41) is 0. The molecule has 0 spiro atoms. The lowest BCUT2D eigenvalue weighted by atomic mass is 10.3. The van der Waals surface area contributed by atoms with E-state index in [0.717, 1.165) is 12.2 Å². The lowest BCUT2D eigenvalue weighted by molar-refractivity contribution is -0.120. The van der Waals surface area contributed by atoms with Gasteiger partial charge in [-0.1, -0.05) is 13.2 Å². The third-order valence-corrected chi connectivity index (χ3v) is 1.37. The molecule has 0 saturated carbocycles. The highest BCUT2D eigenvalue weighted by atomic mass is 19.2. The molecule has 0 N–H and O–H groups in total. The van der Waals surface area contributed by atoms with E-state index >= 15 is 0 Å². The summed E-state index contributed by atoms with van der Waals surface area (Å²) in [7, 11) is 0. The summed E-state index contributed by atoms with van der Waals surface area (Å²) in [6.45, 7) is 6.60. The lowest BCUT2D eigenvalue weighted by Crippen LogP contribution is -2.24. The van der Waals surface area contributed by atoms with E-state index in [1.54, 1.807) is 0 Å².